The Morgan fingerprint density at radius 2 is 1.76 bits per heavy atom. The molecule has 2 atom stereocenters. The van der Waals surface area contributed by atoms with Gasteiger partial charge in [0.05, 0.1) is 32.4 Å². The number of hydrogen-bond donors (Lipinski definition) is 1. The van der Waals surface area contributed by atoms with Crippen LogP contribution in [0.4, 0.5) is 5.69 Å². The van der Waals surface area contributed by atoms with Gasteiger partial charge >= 0.3 is 0 Å². The van der Waals surface area contributed by atoms with Crippen LogP contribution in [-0.2, 0) is 9.59 Å². The van der Waals surface area contributed by atoms with Crippen LogP contribution in [0.1, 0.15) is 58.4 Å². The van der Waals surface area contributed by atoms with Gasteiger partial charge in [0.25, 0.3) is 5.91 Å². The van der Waals surface area contributed by atoms with Gasteiger partial charge in [0.1, 0.15) is 11.5 Å². The molecule has 7 nitrogen and oxygen atoms in total. The van der Waals surface area contributed by atoms with Crippen LogP contribution in [0.5, 0.6) is 17.2 Å². The van der Waals surface area contributed by atoms with E-state index in [2.05, 4.69) is 19.2 Å². The van der Waals surface area contributed by atoms with Gasteiger partial charge in [-0.3, -0.25) is 14.6 Å². The standard InChI is InChI=1S/C30H36N2O5/c1-7-14-37-24-13-12-19(15-25(24)36-6)27-26(29(34)32-20-10-8-9-11-23(20)35-5)18(2)31-21-16-30(3,4)17-22(33)28(21)27/h8-13,15,27-28H,7,14,16-17H2,1-6H3,(H,32,34)/t27-,28?/m0/s1. The van der Waals surface area contributed by atoms with Crippen molar-refractivity contribution in [3.63, 3.8) is 0 Å². The summed E-state index contributed by atoms with van der Waals surface area (Å²) in [5, 5.41) is 3.00. The molecule has 1 fully saturated rings. The van der Waals surface area contributed by atoms with E-state index in [1.807, 2.05) is 44.2 Å². The number of fused-ring (bicyclic) bond motifs is 1. The summed E-state index contributed by atoms with van der Waals surface area (Å²) in [6, 6.07) is 12.9. The number of carbonyl (C=O) groups is 2. The van der Waals surface area contributed by atoms with Crippen LogP contribution in [-0.4, -0.2) is 38.2 Å². The number of benzene rings is 2. The minimum atomic E-state index is -0.512. The molecule has 1 amide bonds. The van der Waals surface area contributed by atoms with Gasteiger partial charge in [-0.1, -0.05) is 39.0 Å². The van der Waals surface area contributed by atoms with E-state index in [-0.39, 0.29) is 17.1 Å². The van der Waals surface area contributed by atoms with Gasteiger partial charge in [0, 0.05) is 29.3 Å². The maximum absolute atomic E-state index is 13.8. The predicted molar refractivity (Wildman–Crippen MR) is 145 cm³/mol. The average Bonchev–Trinajstić information content (AvgIpc) is 2.86. The minimum Gasteiger partial charge on any atom is -0.495 e. The molecular weight excluding hydrogens is 468 g/mol. The Balaban J connectivity index is 1.82. The van der Waals surface area contributed by atoms with Crippen LogP contribution in [0.25, 0.3) is 0 Å². The van der Waals surface area contributed by atoms with Crippen LogP contribution in [0.2, 0.25) is 0 Å². The van der Waals surface area contributed by atoms with E-state index in [1.165, 1.54) is 0 Å². The molecule has 1 saturated carbocycles. The fourth-order valence-electron chi connectivity index (χ4n) is 5.40. The van der Waals surface area contributed by atoms with Crippen molar-refractivity contribution in [1.29, 1.82) is 0 Å². The van der Waals surface area contributed by atoms with Crippen molar-refractivity contribution in [3.05, 3.63) is 59.3 Å². The second-order valence-corrected chi connectivity index (χ2v) is 10.5. The fraction of sp³-hybridized carbons (Fsp3) is 0.433. The first-order chi connectivity index (χ1) is 17.7. The first kappa shape index (κ1) is 26.5. The summed E-state index contributed by atoms with van der Waals surface area (Å²) in [4.78, 5) is 32.3. The average molecular weight is 505 g/mol. The van der Waals surface area contributed by atoms with Crippen LogP contribution in [0.3, 0.4) is 0 Å². The van der Waals surface area contributed by atoms with Crippen LogP contribution in [0.15, 0.2) is 58.7 Å². The van der Waals surface area contributed by atoms with E-state index in [1.54, 1.807) is 26.4 Å². The molecular formula is C30H36N2O5. The molecule has 2 aromatic carbocycles. The predicted octanol–water partition coefficient (Wildman–Crippen LogP) is 5.95. The highest BCUT2D eigenvalue weighted by Gasteiger charge is 2.47. The van der Waals surface area contributed by atoms with Crippen molar-refractivity contribution in [2.75, 3.05) is 26.1 Å². The van der Waals surface area contributed by atoms with Gasteiger partial charge in [-0.2, -0.15) is 0 Å². The van der Waals surface area contributed by atoms with Crippen LogP contribution >= 0.6 is 0 Å². The first-order valence-corrected chi connectivity index (χ1v) is 12.7. The summed E-state index contributed by atoms with van der Waals surface area (Å²) in [5.74, 6) is 0.538. The number of carbonyl (C=O) groups excluding carboxylic acids is 2. The van der Waals surface area contributed by atoms with Gasteiger partial charge in [-0.05, 0) is 55.0 Å². The molecule has 0 bridgehead atoms. The quantitative estimate of drug-likeness (QED) is 0.480. The fourth-order valence-corrected chi connectivity index (χ4v) is 5.40. The number of Topliss-reactive ketones (excluding diaryl/α,β-unsaturated/α-hetero) is 1. The molecule has 1 heterocycles. The molecule has 2 aliphatic rings. The van der Waals surface area contributed by atoms with Crippen molar-refractivity contribution >= 4 is 23.1 Å². The van der Waals surface area contributed by atoms with E-state index >= 15 is 0 Å². The number of nitrogens with zero attached hydrogens (tertiary/aromatic N) is 1. The van der Waals surface area contributed by atoms with Crippen molar-refractivity contribution in [3.8, 4) is 17.2 Å². The number of amides is 1. The lowest BCUT2D eigenvalue weighted by Crippen LogP contribution is -2.44. The molecule has 0 radical (unpaired) electrons. The third-order valence-electron chi connectivity index (χ3n) is 6.97. The number of para-hydroxylation sites is 2. The first-order valence-electron chi connectivity index (χ1n) is 12.7. The highest BCUT2D eigenvalue weighted by Crippen LogP contribution is 2.48. The van der Waals surface area contributed by atoms with Crippen molar-refractivity contribution in [2.45, 2.75) is 52.9 Å². The zero-order chi connectivity index (χ0) is 26.7. The van der Waals surface area contributed by atoms with Crippen LogP contribution in [0, 0.1) is 11.3 Å². The molecule has 37 heavy (non-hydrogen) atoms. The molecule has 0 spiro atoms. The lowest BCUT2D eigenvalue weighted by molar-refractivity contribution is -0.124. The largest absolute Gasteiger partial charge is 0.495 e. The van der Waals surface area contributed by atoms with Crippen LogP contribution < -0.4 is 19.5 Å². The minimum absolute atomic E-state index is 0.0976. The highest BCUT2D eigenvalue weighted by atomic mass is 16.5. The molecule has 2 aromatic rings. The SMILES string of the molecule is CCCOc1ccc([C@H]2C(C(=O)Nc3ccccc3OC)=C(C)N=C3CC(C)(C)CC(=O)C32)cc1OC. The topological polar surface area (TPSA) is 86.2 Å². The number of hydrogen-bond acceptors (Lipinski definition) is 6. The van der Waals surface area contributed by atoms with Crippen molar-refractivity contribution in [1.82, 2.24) is 0 Å². The van der Waals surface area contributed by atoms with Crippen molar-refractivity contribution in [2.24, 2.45) is 16.3 Å². The van der Waals surface area contributed by atoms with Gasteiger partial charge in [-0.15, -0.1) is 0 Å². The maximum atomic E-state index is 13.8. The summed E-state index contributed by atoms with van der Waals surface area (Å²) in [6.45, 7) is 8.63. The maximum Gasteiger partial charge on any atom is 0.254 e. The third-order valence-corrected chi connectivity index (χ3v) is 6.97. The summed E-state index contributed by atoms with van der Waals surface area (Å²) in [7, 11) is 3.16. The third kappa shape index (κ3) is 5.41. The number of allylic oxidation sites excluding steroid dienone is 1. The Kier molecular flexibility index (Phi) is 7.71. The number of rotatable bonds is 8. The molecule has 4 rings (SSSR count). The molecule has 7 heteroatoms. The number of ether oxygens (including phenoxy) is 3. The molecule has 1 aliphatic heterocycles. The number of anilines is 1. The van der Waals surface area contributed by atoms with E-state index < -0.39 is 11.8 Å². The number of aliphatic imine (C=N–C) groups is 1. The number of nitrogens with one attached hydrogen (secondary N) is 1. The molecule has 1 N–H and O–H groups in total. The van der Waals surface area contributed by atoms with Gasteiger partial charge in [0.15, 0.2) is 11.5 Å². The summed E-state index contributed by atoms with van der Waals surface area (Å²) < 4.78 is 16.9. The highest BCUT2D eigenvalue weighted by molar-refractivity contribution is 6.14. The Bertz CT molecular complexity index is 1260. The van der Waals surface area contributed by atoms with E-state index in [9.17, 15) is 9.59 Å². The van der Waals surface area contributed by atoms with Gasteiger partial charge in [-0.25, -0.2) is 0 Å². The normalized spacial score (nSPS) is 20.6. The van der Waals surface area contributed by atoms with E-state index in [4.69, 9.17) is 19.2 Å². The number of methoxy groups -OCH3 is 2. The zero-order valence-electron chi connectivity index (χ0n) is 22.5. The second kappa shape index (κ2) is 10.8. The zero-order valence-corrected chi connectivity index (χ0v) is 22.5. The Morgan fingerprint density at radius 3 is 2.46 bits per heavy atom. The Hall–Kier alpha value is -3.61. The Morgan fingerprint density at radius 1 is 1.03 bits per heavy atom. The molecule has 1 unspecified atom stereocenters. The summed E-state index contributed by atoms with van der Waals surface area (Å²) in [5.41, 5.74) is 3.11. The monoisotopic (exact) mass is 504 g/mol. The van der Waals surface area contributed by atoms with E-state index in [0.29, 0.717) is 53.7 Å². The second-order valence-electron chi connectivity index (χ2n) is 10.5. The molecule has 0 saturated heterocycles. The molecule has 196 valence electrons. The summed E-state index contributed by atoms with van der Waals surface area (Å²) >= 11 is 0. The van der Waals surface area contributed by atoms with Gasteiger partial charge in [0.2, 0.25) is 0 Å². The smallest absolute Gasteiger partial charge is 0.254 e. The number of ketones is 1. The lowest BCUT2D eigenvalue weighted by Gasteiger charge is -2.41. The van der Waals surface area contributed by atoms with E-state index in [0.717, 1.165) is 17.7 Å². The van der Waals surface area contributed by atoms with Crippen molar-refractivity contribution < 1.29 is 23.8 Å². The molecule has 0 aromatic heterocycles. The molecule has 1 aliphatic carbocycles. The van der Waals surface area contributed by atoms with Gasteiger partial charge < -0.3 is 19.5 Å². The summed E-state index contributed by atoms with van der Waals surface area (Å²) in [6.07, 6.45) is 2.00. The Labute approximate surface area is 218 Å². The lowest BCUT2D eigenvalue weighted by atomic mass is 9.63.